The molecule has 0 aromatic carbocycles. The normalized spacial score (nSPS) is 25.1. The van der Waals surface area contributed by atoms with Crippen LogP contribution in [0.25, 0.3) is 0 Å². The van der Waals surface area contributed by atoms with Crippen molar-refractivity contribution in [3.63, 3.8) is 0 Å². The van der Waals surface area contributed by atoms with Gasteiger partial charge in [0.05, 0.1) is 0 Å². The van der Waals surface area contributed by atoms with Crippen LogP contribution in [0.4, 0.5) is 0 Å². The van der Waals surface area contributed by atoms with Gasteiger partial charge in [-0.05, 0) is 43.2 Å². The average molecular weight is 255 g/mol. The van der Waals surface area contributed by atoms with Crippen LogP contribution in [0, 0.1) is 10.8 Å². The van der Waals surface area contributed by atoms with E-state index in [1.54, 1.807) is 0 Å². The van der Waals surface area contributed by atoms with Crippen LogP contribution in [0.3, 0.4) is 0 Å². The van der Waals surface area contributed by atoms with Crippen molar-refractivity contribution in [1.29, 1.82) is 0 Å². The molecule has 0 radical (unpaired) electrons. The predicted octanol–water partition coefficient (Wildman–Crippen LogP) is 3.39. The zero-order valence-corrected chi connectivity index (χ0v) is 12.8. The molecule has 0 bridgehead atoms. The van der Waals surface area contributed by atoms with Crippen LogP contribution < -0.4 is 0 Å². The number of carboxylic acids is 1. The molecule has 0 saturated heterocycles. The summed E-state index contributed by atoms with van der Waals surface area (Å²) in [7, 11) is 0. The van der Waals surface area contributed by atoms with Crippen molar-refractivity contribution in [1.82, 2.24) is 4.90 Å². The Balaban J connectivity index is 3.22. The first-order valence-corrected chi connectivity index (χ1v) is 7.07. The molecule has 1 aliphatic rings. The number of likely N-dealkylation sites (N-methyl/N-ethyl adjacent to an activating group) is 1. The zero-order valence-electron chi connectivity index (χ0n) is 12.8. The molecule has 3 heteroatoms. The summed E-state index contributed by atoms with van der Waals surface area (Å²) in [5.41, 5.74) is -0.514. The standard InChI is InChI=1S/C15H29NO2/c1-7-16(8-2)15(12(17)18)10-13(3,4)9-14(5,6)11-15/h7-11H2,1-6H3,(H,17,18). The molecule has 0 unspecified atom stereocenters. The summed E-state index contributed by atoms with van der Waals surface area (Å²) in [5.74, 6) is -0.646. The number of nitrogens with zero attached hydrogens (tertiary/aromatic N) is 1. The second kappa shape index (κ2) is 4.84. The maximum atomic E-state index is 12.0. The van der Waals surface area contributed by atoms with Crippen LogP contribution in [0.5, 0.6) is 0 Å². The van der Waals surface area contributed by atoms with Gasteiger partial charge in [0, 0.05) is 0 Å². The topological polar surface area (TPSA) is 40.5 Å². The van der Waals surface area contributed by atoms with E-state index >= 15 is 0 Å². The molecule has 0 spiro atoms. The molecular formula is C15H29NO2. The van der Waals surface area contributed by atoms with Crippen molar-refractivity contribution in [2.45, 2.75) is 66.3 Å². The number of hydrogen-bond acceptors (Lipinski definition) is 2. The molecule has 0 atom stereocenters. The second-order valence-corrected chi connectivity index (χ2v) is 7.37. The fraction of sp³-hybridized carbons (Fsp3) is 0.933. The third kappa shape index (κ3) is 2.87. The van der Waals surface area contributed by atoms with Crippen molar-refractivity contribution in [3.8, 4) is 0 Å². The lowest BCUT2D eigenvalue weighted by molar-refractivity contribution is -0.162. The molecule has 0 aliphatic heterocycles. The highest BCUT2D eigenvalue weighted by molar-refractivity contribution is 5.79. The van der Waals surface area contributed by atoms with Crippen LogP contribution in [0.1, 0.15) is 60.8 Å². The van der Waals surface area contributed by atoms with Crippen molar-refractivity contribution < 1.29 is 9.90 Å². The van der Waals surface area contributed by atoms with Gasteiger partial charge in [-0.15, -0.1) is 0 Å². The maximum absolute atomic E-state index is 12.0. The summed E-state index contributed by atoms with van der Waals surface area (Å²) < 4.78 is 0. The lowest BCUT2D eigenvalue weighted by atomic mass is 9.58. The van der Waals surface area contributed by atoms with Crippen molar-refractivity contribution in [2.75, 3.05) is 13.1 Å². The van der Waals surface area contributed by atoms with E-state index in [2.05, 4.69) is 46.4 Å². The van der Waals surface area contributed by atoms with Gasteiger partial charge in [0.2, 0.25) is 0 Å². The van der Waals surface area contributed by atoms with Crippen molar-refractivity contribution in [2.24, 2.45) is 10.8 Å². The van der Waals surface area contributed by atoms with Crippen LogP contribution in [-0.4, -0.2) is 34.6 Å². The number of carbonyl (C=O) groups is 1. The highest BCUT2D eigenvalue weighted by Gasteiger charge is 2.54. The van der Waals surface area contributed by atoms with Crippen LogP contribution in [0.15, 0.2) is 0 Å². The van der Waals surface area contributed by atoms with Gasteiger partial charge in [-0.25, -0.2) is 0 Å². The minimum Gasteiger partial charge on any atom is -0.480 e. The minimum absolute atomic E-state index is 0.0860. The van der Waals surface area contributed by atoms with E-state index in [1.807, 2.05) is 0 Å². The first kappa shape index (κ1) is 15.5. The monoisotopic (exact) mass is 255 g/mol. The minimum atomic E-state index is -0.686. The fourth-order valence-corrected chi connectivity index (χ4v) is 4.41. The molecule has 1 aliphatic carbocycles. The summed E-state index contributed by atoms with van der Waals surface area (Å²) in [6.45, 7) is 14.5. The van der Waals surface area contributed by atoms with Gasteiger partial charge >= 0.3 is 5.97 Å². The summed E-state index contributed by atoms with van der Waals surface area (Å²) in [5, 5.41) is 9.84. The Morgan fingerprint density at radius 3 is 1.67 bits per heavy atom. The third-order valence-electron chi connectivity index (χ3n) is 4.27. The lowest BCUT2D eigenvalue weighted by Gasteiger charge is -2.53. The Labute approximate surface area is 112 Å². The summed E-state index contributed by atoms with van der Waals surface area (Å²) in [4.78, 5) is 14.1. The molecule has 1 N–H and O–H groups in total. The van der Waals surface area contributed by atoms with Gasteiger partial charge in [-0.1, -0.05) is 41.5 Å². The van der Waals surface area contributed by atoms with Crippen molar-refractivity contribution >= 4 is 5.97 Å². The summed E-state index contributed by atoms with van der Waals surface area (Å²) >= 11 is 0. The Morgan fingerprint density at radius 2 is 1.39 bits per heavy atom. The molecule has 0 aromatic rings. The van der Waals surface area contributed by atoms with Gasteiger partial charge in [0.15, 0.2) is 0 Å². The Hall–Kier alpha value is -0.570. The van der Waals surface area contributed by atoms with Crippen LogP contribution in [-0.2, 0) is 4.79 Å². The molecular weight excluding hydrogens is 226 g/mol. The highest BCUT2D eigenvalue weighted by Crippen LogP contribution is 2.52. The first-order valence-electron chi connectivity index (χ1n) is 7.07. The fourth-order valence-electron chi connectivity index (χ4n) is 4.41. The van der Waals surface area contributed by atoms with Crippen LogP contribution >= 0.6 is 0 Å². The maximum Gasteiger partial charge on any atom is 0.324 e. The van der Waals surface area contributed by atoms with E-state index in [1.165, 1.54) is 0 Å². The Bertz CT molecular complexity index is 300. The van der Waals surface area contributed by atoms with E-state index in [4.69, 9.17) is 0 Å². The molecule has 0 heterocycles. The SMILES string of the molecule is CCN(CC)C1(C(=O)O)CC(C)(C)CC(C)(C)C1. The molecule has 1 rings (SSSR count). The summed E-state index contributed by atoms with van der Waals surface area (Å²) in [6, 6.07) is 0. The van der Waals surface area contributed by atoms with E-state index in [-0.39, 0.29) is 10.8 Å². The van der Waals surface area contributed by atoms with Crippen LogP contribution in [0.2, 0.25) is 0 Å². The van der Waals surface area contributed by atoms with E-state index in [9.17, 15) is 9.90 Å². The van der Waals surface area contributed by atoms with Gasteiger partial charge in [-0.3, -0.25) is 9.69 Å². The predicted molar refractivity (Wildman–Crippen MR) is 74.7 cm³/mol. The quantitative estimate of drug-likeness (QED) is 0.837. The first-order chi connectivity index (χ1) is 8.08. The largest absolute Gasteiger partial charge is 0.480 e. The van der Waals surface area contributed by atoms with Gasteiger partial charge < -0.3 is 5.11 Å². The number of carboxylic acid groups (broad SMARTS) is 1. The number of rotatable bonds is 4. The van der Waals surface area contributed by atoms with Gasteiger partial charge in [0.1, 0.15) is 5.54 Å². The second-order valence-electron chi connectivity index (χ2n) is 7.37. The molecule has 3 nitrogen and oxygen atoms in total. The Kier molecular flexibility index (Phi) is 4.16. The van der Waals surface area contributed by atoms with E-state index in [0.717, 1.165) is 32.4 Å². The van der Waals surface area contributed by atoms with E-state index < -0.39 is 11.5 Å². The smallest absolute Gasteiger partial charge is 0.324 e. The lowest BCUT2D eigenvalue weighted by Crippen LogP contribution is -2.61. The molecule has 1 saturated carbocycles. The summed E-state index contributed by atoms with van der Waals surface area (Å²) in [6.07, 6.45) is 2.59. The highest BCUT2D eigenvalue weighted by atomic mass is 16.4. The average Bonchev–Trinajstić information content (AvgIpc) is 2.13. The molecule has 0 aromatic heterocycles. The third-order valence-corrected chi connectivity index (χ3v) is 4.27. The molecule has 106 valence electrons. The van der Waals surface area contributed by atoms with Gasteiger partial charge in [-0.2, -0.15) is 0 Å². The molecule has 1 fully saturated rings. The number of aliphatic carboxylic acids is 1. The number of hydrogen-bond donors (Lipinski definition) is 1. The molecule has 0 amide bonds. The zero-order chi connectivity index (χ0) is 14.2. The van der Waals surface area contributed by atoms with Gasteiger partial charge in [0.25, 0.3) is 0 Å². The Morgan fingerprint density at radius 1 is 1.00 bits per heavy atom. The van der Waals surface area contributed by atoms with E-state index in [0.29, 0.717) is 0 Å². The van der Waals surface area contributed by atoms with Crippen molar-refractivity contribution in [3.05, 3.63) is 0 Å². The molecule has 18 heavy (non-hydrogen) atoms.